The first-order valence-electron chi connectivity index (χ1n) is 10.8. The molecule has 0 bridgehead atoms. The molecule has 2 heterocycles. The van der Waals surface area contributed by atoms with Crippen molar-refractivity contribution in [1.82, 2.24) is 15.5 Å². The number of benzene rings is 3. The van der Waals surface area contributed by atoms with Crippen LogP contribution >= 0.6 is 0 Å². The van der Waals surface area contributed by atoms with Gasteiger partial charge < -0.3 is 14.6 Å². The minimum absolute atomic E-state index is 0.0295. The molecule has 35 heavy (non-hydrogen) atoms. The van der Waals surface area contributed by atoms with Crippen LogP contribution in [0.5, 0.6) is 5.75 Å². The number of hydrogen-bond donors (Lipinski definition) is 1. The summed E-state index contributed by atoms with van der Waals surface area (Å²) in [5.41, 5.74) is 2.35. The van der Waals surface area contributed by atoms with E-state index in [1.807, 2.05) is 36.4 Å². The second kappa shape index (κ2) is 9.02. The zero-order valence-corrected chi connectivity index (χ0v) is 18.8. The van der Waals surface area contributed by atoms with Crippen LogP contribution in [-0.4, -0.2) is 23.3 Å². The lowest BCUT2D eigenvalue weighted by molar-refractivity contribution is 0.244. The second-order valence-corrected chi connectivity index (χ2v) is 7.91. The number of allylic oxidation sites excluding steroid dienone is 1. The molecule has 0 fully saturated rings. The number of urea groups is 1. The number of anilines is 1. The van der Waals surface area contributed by atoms with E-state index in [1.54, 1.807) is 32.2 Å². The van der Waals surface area contributed by atoms with E-state index >= 15 is 0 Å². The van der Waals surface area contributed by atoms with Crippen molar-refractivity contribution in [3.63, 3.8) is 0 Å². The highest BCUT2D eigenvalue weighted by molar-refractivity contribution is 6.01. The zero-order valence-electron chi connectivity index (χ0n) is 18.8. The van der Waals surface area contributed by atoms with E-state index in [4.69, 9.17) is 9.26 Å². The predicted octanol–water partition coefficient (Wildman–Crippen LogP) is 5.73. The molecule has 1 atom stereocenters. The Hall–Kier alpha value is -4.53. The summed E-state index contributed by atoms with van der Waals surface area (Å²) in [7, 11) is 1.55. The quantitative estimate of drug-likeness (QED) is 0.400. The SMILES string of the molecule is COc1cccc(C2NC(=O)N(c3cc(F)cc(F)c3)C(C)=C2c2nc(-c3ccccc3)no2)c1. The number of rotatable bonds is 5. The summed E-state index contributed by atoms with van der Waals surface area (Å²) in [4.78, 5) is 19.0. The van der Waals surface area contributed by atoms with E-state index in [0.717, 1.165) is 23.8 Å². The highest BCUT2D eigenvalue weighted by Gasteiger charge is 2.37. The maximum Gasteiger partial charge on any atom is 0.327 e. The van der Waals surface area contributed by atoms with Crippen LogP contribution in [0, 0.1) is 11.6 Å². The molecule has 4 aromatic rings. The number of carbonyl (C=O) groups excluding carboxylic acids is 1. The molecule has 3 aromatic carbocycles. The highest BCUT2D eigenvalue weighted by Crippen LogP contribution is 2.40. The van der Waals surface area contributed by atoms with Crippen molar-refractivity contribution >= 4 is 17.3 Å². The number of methoxy groups -OCH3 is 1. The van der Waals surface area contributed by atoms with Gasteiger partial charge in [-0.25, -0.2) is 13.6 Å². The first-order chi connectivity index (χ1) is 16.9. The van der Waals surface area contributed by atoms with Gasteiger partial charge >= 0.3 is 6.03 Å². The van der Waals surface area contributed by atoms with E-state index < -0.39 is 23.7 Å². The Bertz CT molecular complexity index is 1420. The average Bonchev–Trinajstić information content (AvgIpc) is 3.33. The zero-order chi connectivity index (χ0) is 24.5. The Labute approximate surface area is 199 Å². The van der Waals surface area contributed by atoms with Crippen LogP contribution in [-0.2, 0) is 0 Å². The Balaban J connectivity index is 1.68. The molecule has 0 saturated carbocycles. The molecule has 0 spiro atoms. The Morgan fingerprint density at radius 1 is 1.00 bits per heavy atom. The number of nitrogens with zero attached hydrogens (tertiary/aromatic N) is 3. The molecule has 0 saturated heterocycles. The number of hydrogen-bond acceptors (Lipinski definition) is 5. The summed E-state index contributed by atoms with van der Waals surface area (Å²) in [6.45, 7) is 1.66. The highest BCUT2D eigenvalue weighted by atomic mass is 19.1. The number of halogens is 2. The maximum atomic E-state index is 14.0. The largest absolute Gasteiger partial charge is 0.497 e. The van der Waals surface area contributed by atoms with Gasteiger partial charge in [0.1, 0.15) is 17.4 Å². The molecule has 0 radical (unpaired) electrons. The normalized spacial score (nSPS) is 15.8. The molecule has 1 aliphatic heterocycles. The lowest BCUT2D eigenvalue weighted by atomic mass is 9.94. The molecular weight excluding hydrogens is 454 g/mol. The third-order valence-corrected chi connectivity index (χ3v) is 5.71. The average molecular weight is 474 g/mol. The number of carbonyl (C=O) groups is 1. The Kier molecular flexibility index (Phi) is 5.74. The maximum absolute atomic E-state index is 14.0. The lowest BCUT2D eigenvalue weighted by Crippen LogP contribution is -2.46. The molecule has 7 nitrogen and oxygen atoms in total. The standard InChI is InChI=1S/C26H20F2N4O3/c1-15-22(25-30-24(31-35-25)16-7-4-3-5-8-16)23(17-9-6-10-21(11-17)34-2)29-26(33)32(15)20-13-18(27)12-19(28)14-20/h3-14,23H,1-2H3,(H,29,33). The molecule has 1 aliphatic rings. The summed E-state index contributed by atoms with van der Waals surface area (Å²) in [5, 5.41) is 7.01. The molecule has 0 aliphatic carbocycles. The monoisotopic (exact) mass is 474 g/mol. The van der Waals surface area contributed by atoms with Crippen molar-refractivity contribution in [2.75, 3.05) is 12.0 Å². The molecule has 2 amide bonds. The van der Waals surface area contributed by atoms with E-state index in [2.05, 4.69) is 15.5 Å². The first-order valence-corrected chi connectivity index (χ1v) is 10.8. The van der Waals surface area contributed by atoms with Crippen LogP contribution in [0.2, 0.25) is 0 Å². The fourth-order valence-electron chi connectivity index (χ4n) is 4.11. The summed E-state index contributed by atoms with van der Waals surface area (Å²) in [5.74, 6) is -0.483. The van der Waals surface area contributed by atoms with E-state index in [-0.39, 0.29) is 11.6 Å². The van der Waals surface area contributed by atoms with Crippen molar-refractivity contribution in [1.29, 1.82) is 0 Å². The smallest absolute Gasteiger partial charge is 0.327 e. The van der Waals surface area contributed by atoms with Crippen LogP contribution < -0.4 is 15.0 Å². The number of amides is 2. The minimum atomic E-state index is -0.804. The van der Waals surface area contributed by atoms with Gasteiger partial charge in [0, 0.05) is 17.3 Å². The van der Waals surface area contributed by atoms with Crippen molar-refractivity contribution in [3.8, 4) is 17.1 Å². The topological polar surface area (TPSA) is 80.5 Å². The van der Waals surface area contributed by atoms with E-state index in [1.165, 1.54) is 4.90 Å². The third-order valence-electron chi connectivity index (χ3n) is 5.71. The molecule has 1 N–H and O–H groups in total. The van der Waals surface area contributed by atoms with Gasteiger partial charge in [0.25, 0.3) is 5.89 Å². The molecule has 5 rings (SSSR count). The molecule has 176 valence electrons. The van der Waals surface area contributed by atoms with Crippen LogP contribution in [0.3, 0.4) is 0 Å². The van der Waals surface area contributed by atoms with Gasteiger partial charge in [-0.15, -0.1) is 0 Å². The van der Waals surface area contributed by atoms with Crippen LogP contribution in [0.25, 0.3) is 17.0 Å². The number of aromatic nitrogens is 2. The van der Waals surface area contributed by atoms with Gasteiger partial charge in [-0.1, -0.05) is 47.6 Å². The number of ether oxygens (including phenoxy) is 1. The summed E-state index contributed by atoms with van der Waals surface area (Å²) < 4.78 is 39.0. The van der Waals surface area contributed by atoms with Crippen molar-refractivity contribution in [2.45, 2.75) is 13.0 Å². The van der Waals surface area contributed by atoms with Gasteiger partial charge in [0.15, 0.2) is 0 Å². The molecule has 1 unspecified atom stereocenters. The minimum Gasteiger partial charge on any atom is -0.497 e. The second-order valence-electron chi connectivity index (χ2n) is 7.91. The van der Waals surface area contributed by atoms with E-state index in [0.29, 0.717) is 28.4 Å². The number of nitrogens with one attached hydrogen (secondary N) is 1. The van der Waals surface area contributed by atoms with Crippen molar-refractivity contribution < 1.29 is 22.8 Å². The van der Waals surface area contributed by atoms with Gasteiger partial charge in [0.05, 0.1) is 24.4 Å². The predicted molar refractivity (Wildman–Crippen MR) is 125 cm³/mol. The summed E-state index contributed by atoms with van der Waals surface area (Å²) >= 11 is 0. The van der Waals surface area contributed by atoms with Gasteiger partial charge in [-0.3, -0.25) is 4.90 Å². The van der Waals surface area contributed by atoms with Crippen molar-refractivity contribution in [3.05, 3.63) is 102 Å². The van der Waals surface area contributed by atoms with Crippen LogP contribution in [0.4, 0.5) is 19.3 Å². The van der Waals surface area contributed by atoms with E-state index in [9.17, 15) is 13.6 Å². The fraction of sp³-hybridized carbons (Fsp3) is 0.115. The third kappa shape index (κ3) is 4.23. The Morgan fingerprint density at radius 2 is 1.74 bits per heavy atom. The summed E-state index contributed by atoms with van der Waals surface area (Å²) in [6.07, 6.45) is 0. The van der Waals surface area contributed by atoms with Gasteiger partial charge in [-0.05, 0) is 36.8 Å². The lowest BCUT2D eigenvalue weighted by Gasteiger charge is -2.35. The van der Waals surface area contributed by atoms with Gasteiger partial charge in [0.2, 0.25) is 5.82 Å². The molecular formula is C26H20F2N4O3. The molecule has 9 heteroatoms. The Morgan fingerprint density at radius 3 is 2.46 bits per heavy atom. The first kappa shape index (κ1) is 22.3. The van der Waals surface area contributed by atoms with Crippen LogP contribution in [0.15, 0.2) is 83.0 Å². The summed E-state index contributed by atoms with van der Waals surface area (Å²) in [6, 6.07) is 18.1. The molecule has 1 aromatic heterocycles. The fourth-order valence-corrected chi connectivity index (χ4v) is 4.11. The van der Waals surface area contributed by atoms with Crippen LogP contribution in [0.1, 0.15) is 24.4 Å². The van der Waals surface area contributed by atoms with Gasteiger partial charge in [-0.2, -0.15) is 4.98 Å². The van der Waals surface area contributed by atoms with Crippen molar-refractivity contribution in [2.24, 2.45) is 0 Å².